The molecule has 1 amide bonds. The molecule has 68 heavy (non-hydrogen) atoms. The summed E-state index contributed by atoms with van der Waals surface area (Å²) < 4.78 is 85.4. The molecule has 0 aliphatic carbocycles. The number of carbonyl (C=O) groups is 3. The van der Waals surface area contributed by atoms with Crippen molar-refractivity contribution in [1.82, 2.24) is 5.32 Å². The number of carboxylic acids is 2. The van der Waals surface area contributed by atoms with E-state index in [0.717, 1.165) is 6.92 Å². The molecule has 5 aliphatic heterocycles. The summed E-state index contributed by atoms with van der Waals surface area (Å²) >= 11 is 0. The molecule has 5 heterocycles. The molecule has 0 bridgehead atoms. The average Bonchev–Trinajstić information content (AvgIpc) is 3.26. The van der Waals surface area contributed by atoms with Gasteiger partial charge in [0.1, 0.15) is 104 Å². The van der Waals surface area contributed by atoms with Crippen molar-refractivity contribution in [3.63, 3.8) is 0 Å². The first-order valence-electron chi connectivity index (χ1n) is 20.3. The summed E-state index contributed by atoms with van der Waals surface area (Å²) in [4.78, 5) is 36.7. The fourth-order valence-electron chi connectivity index (χ4n) is 7.92. The third-order valence-corrected chi connectivity index (χ3v) is 12.0. The zero-order valence-corrected chi connectivity index (χ0v) is 35.8. The first-order valence-corrected chi connectivity index (χ1v) is 21.7. The maximum absolute atomic E-state index is 12.8. The number of aliphatic hydroxyl groups excluding tert-OH is 14. The molecule has 25 atom stereocenters. The molecule has 0 aromatic rings. The summed E-state index contributed by atoms with van der Waals surface area (Å²) in [7, 11) is -5.53. The third kappa shape index (κ3) is 12.3. The Bertz CT molecular complexity index is 1820. The fraction of sp³-hybridized carbons (Fsp3) is 0.912. The zero-order valence-electron chi connectivity index (χ0n) is 35.0. The summed E-state index contributed by atoms with van der Waals surface area (Å²) in [6, 6.07) is -1.64. The van der Waals surface area contributed by atoms with Crippen LogP contribution in [0.3, 0.4) is 0 Å². The van der Waals surface area contributed by atoms with Gasteiger partial charge < -0.3 is 130 Å². The number of hydrogen-bond acceptors (Lipinski definition) is 29. The predicted molar refractivity (Wildman–Crippen MR) is 200 cm³/mol. The van der Waals surface area contributed by atoms with E-state index in [2.05, 4.69) is 9.50 Å². The summed E-state index contributed by atoms with van der Waals surface area (Å²) in [5, 5.41) is 171. The summed E-state index contributed by atoms with van der Waals surface area (Å²) in [5.74, 6) is -7.93. The number of nitrogens with one attached hydrogen (secondary N) is 1. The second-order valence-electron chi connectivity index (χ2n) is 16.2. The lowest BCUT2D eigenvalue weighted by Gasteiger charge is -2.49. The lowest BCUT2D eigenvalue weighted by Crippen LogP contribution is -2.69. The molecular formula is C34H55NO32S. The Morgan fingerprint density at radius 1 is 0.735 bits per heavy atom. The van der Waals surface area contributed by atoms with Gasteiger partial charge in [-0.2, -0.15) is 8.42 Å². The van der Waals surface area contributed by atoms with Crippen LogP contribution in [0.25, 0.3) is 0 Å². The van der Waals surface area contributed by atoms with Gasteiger partial charge >= 0.3 is 22.3 Å². The topological polar surface area (TPSA) is 534 Å². The highest BCUT2D eigenvalue weighted by Crippen LogP contribution is 2.37. The van der Waals surface area contributed by atoms with Crippen LogP contribution in [-0.4, -0.2) is 292 Å². The Morgan fingerprint density at radius 2 is 1.28 bits per heavy atom. The quantitative estimate of drug-likeness (QED) is 0.0567. The summed E-state index contributed by atoms with van der Waals surface area (Å²) in [6.45, 7) is -3.24. The van der Waals surface area contributed by atoms with Gasteiger partial charge in [0, 0.05) is 13.3 Å². The number of carboxylic acid groups (broad SMARTS) is 2. The van der Waals surface area contributed by atoms with Crippen LogP contribution >= 0.6 is 0 Å². The van der Waals surface area contributed by atoms with Crippen LogP contribution in [0.2, 0.25) is 0 Å². The zero-order chi connectivity index (χ0) is 50.9. The van der Waals surface area contributed by atoms with E-state index >= 15 is 0 Å². The molecule has 18 N–H and O–H groups in total. The minimum Gasteiger partial charge on any atom is -0.479 e. The van der Waals surface area contributed by atoms with Crippen molar-refractivity contribution in [3.8, 4) is 0 Å². The van der Waals surface area contributed by atoms with Gasteiger partial charge in [0.05, 0.1) is 38.6 Å². The van der Waals surface area contributed by atoms with Crippen molar-refractivity contribution < 1.29 is 156 Å². The van der Waals surface area contributed by atoms with Crippen LogP contribution in [0.5, 0.6) is 0 Å². The highest BCUT2D eigenvalue weighted by Gasteiger charge is 2.59. The number of amides is 1. The Hall–Kier alpha value is -2.64. The Morgan fingerprint density at radius 3 is 1.81 bits per heavy atom. The van der Waals surface area contributed by atoms with Crippen LogP contribution < -0.4 is 5.32 Å². The molecular weight excluding hydrogens is 966 g/mol. The summed E-state index contributed by atoms with van der Waals surface area (Å²) in [6.07, 6.45) is -51.8. The van der Waals surface area contributed by atoms with Crippen molar-refractivity contribution in [1.29, 1.82) is 0 Å². The number of rotatable bonds is 18. The first-order chi connectivity index (χ1) is 31.7. The fourth-order valence-corrected chi connectivity index (χ4v) is 8.43. The SMILES string of the molecule is CC(=O)N[C@H]1[C@H]([C@H](O)[C@H](O)CO)O[C@@](OC[C@H]2O[C@@H](O[C@@H]3CO[C@H](O)[C@H](O)[C@H]3O)[C@H](O)[C@@H](O[C@@H]3O[C@H](CO)[C@H](O)[C@H](O[C@@H]4O[C@H](C(=O)O)[C@@H](O)[C@H](OS(=O)(=O)O)[C@H]4O)[C@H]3O)[C@H]2O)(C(=O)O)C[C@@H]1O. The molecule has 33 nitrogen and oxygen atoms in total. The van der Waals surface area contributed by atoms with E-state index < -0.39 is 214 Å². The molecule has 0 saturated carbocycles. The maximum Gasteiger partial charge on any atom is 0.397 e. The molecule has 0 radical (unpaired) electrons. The molecule has 0 aromatic carbocycles. The van der Waals surface area contributed by atoms with E-state index in [9.17, 15) is 109 Å². The molecule has 5 saturated heterocycles. The van der Waals surface area contributed by atoms with Gasteiger partial charge in [-0.05, 0) is 0 Å². The molecule has 0 unspecified atom stereocenters. The van der Waals surface area contributed by atoms with Gasteiger partial charge in [-0.15, -0.1) is 0 Å². The van der Waals surface area contributed by atoms with Crippen molar-refractivity contribution in [2.24, 2.45) is 0 Å². The monoisotopic (exact) mass is 1020 g/mol. The maximum atomic E-state index is 12.8. The van der Waals surface area contributed by atoms with Gasteiger partial charge in [0.2, 0.25) is 5.91 Å². The number of ether oxygens (including phenoxy) is 9. The predicted octanol–water partition coefficient (Wildman–Crippen LogP) is -12.0. The van der Waals surface area contributed by atoms with Crippen LogP contribution in [-0.2, 0) is 71.6 Å². The van der Waals surface area contributed by atoms with Crippen molar-refractivity contribution in [2.45, 2.75) is 166 Å². The van der Waals surface area contributed by atoms with Crippen molar-refractivity contribution in [3.05, 3.63) is 0 Å². The lowest BCUT2D eigenvalue weighted by molar-refractivity contribution is -0.388. The van der Waals surface area contributed by atoms with Gasteiger partial charge in [-0.25, -0.2) is 13.8 Å². The second-order valence-corrected chi connectivity index (χ2v) is 17.3. The molecule has 5 aliphatic rings. The molecule has 34 heteroatoms. The van der Waals surface area contributed by atoms with E-state index in [1.807, 2.05) is 0 Å². The molecule has 5 rings (SSSR count). The highest BCUT2D eigenvalue weighted by atomic mass is 32.3. The average molecular weight is 1020 g/mol. The minimum atomic E-state index is -5.53. The van der Waals surface area contributed by atoms with E-state index in [4.69, 9.17) is 42.6 Å². The smallest absolute Gasteiger partial charge is 0.397 e. The van der Waals surface area contributed by atoms with Crippen LogP contribution in [0, 0.1) is 0 Å². The number of aliphatic carboxylic acids is 2. The van der Waals surface area contributed by atoms with Gasteiger partial charge in [-0.3, -0.25) is 9.35 Å². The standard InChI is InChI=1S/C34H55NO32S/c1-7(38)35-13-8(39)2-34(33(53)54,66-23(13)14(41)9(40)3-36)59-6-12-17(44)25(20(47)30(62-12)61-11-5-58-29(52)18(45)15(11)42)63-31-21(48)24(16(43)10(4-37)60-31)64-32-22(49)26(67-68(55,56)57)19(46)27(65-32)28(50)51/h8-27,29-32,36-37,39-49,52H,2-6H2,1H3,(H,35,38)(H,50,51)(H,53,54)(H,55,56,57)/t8-,9+,10+,11+,12+,13+,14+,15-,16-,17-,18+,19-,20+,21+,22+,23+,24-,25-,26-,27-,29-,30+,31-,32+,34+/m0/s1. The molecule has 5 fully saturated rings. The van der Waals surface area contributed by atoms with Crippen LogP contribution in [0.1, 0.15) is 13.3 Å². The second kappa shape index (κ2) is 22.8. The first kappa shape index (κ1) is 56.3. The van der Waals surface area contributed by atoms with Gasteiger partial charge in [0.25, 0.3) is 5.79 Å². The van der Waals surface area contributed by atoms with Gasteiger partial charge in [-0.1, -0.05) is 0 Å². The Balaban J connectivity index is 1.45. The van der Waals surface area contributed by atoms with Crippen molar-refractivity contribution in [2.75, 3.05) is 26.4 Å². The van der Waals surface area contributed by atoms with E-state index in [1.165, 1.54) is 0 Å². The van der Waals surface area contributed by atoms with Crippen LogP contribution in [0.15, 0.2) is 0 Å². The Labute approximate surface area is 381 Å². The van der Waals surface area contributed by atoms with E-state index in [-0.39, 0.29) is 0 Å². The third-order valence-electron chi connectivity index (χ3n) is 11.5. The van der Waals surface area contributed by atoms with Gasteiger partial charge in [0.15, 0.2) is 31.3 Å². The van der Waals surface area contributed by atoms with E-state index in [0.29, 0.717) is 0 Å². The van der Waals surface area contributed by atoms with E-state index in [1.54, 1.807) is 0 Å². The summed E-state index contributed by atoms with van der Waals surface area (Å²) in [5.41, 5.74) is 0. The number of aliphatic hydroxyl groups is 14. The number of carbonyl (C=O) groups excluding carboxylic acids is 1. The van der Waals surface area contributed by atoms with Crippen molar-refractivity contribution >= 4 is 28.2 Å². The number of hydrogen-bond donors (Lipinski definition) is 18. The highest BCUT2D eigenvalue weighted by molar-refractivity contribution is 7.80. The largest absolute Gasteiger partial charge is 0.479 e. The lowest BCUT2D eigenvalue weighted by atomic mass is 9.88. The normalized spacial score (nSPS) is 45.8. The van der Waals surface area contributed by atoms with Crippen LogP contribution in [0.4, 0.5) is 0 Å². The molecule has 0 spiro atoms. The Kier molecular flexibility index (Phi) is 18.9. The molecule has 0 aromatic heterocycles. The minimum absolute atomic E-state index is 0.710. The molecule has 394 valence electrons.